The lowest BCUT2D eigenvalue weighted by Crippen LogP contribution is -2.23. The summed E-state index contributed by atoms with van der Waals surface area (Å²) in [4.78, 5) is 11.5. The smallest absolute Gasteiger partial charge is 0.338 e. The highest BCUT2D eigenvalue weighted by atomic mass is 32.2. The van der Waals surface area contributed by atoms with E-state index in [1.54, 1.807) is 13.0 Å². The van der Waals surface area contributed by atoms with Crippen LogP contribution in [0.5, 0.6) is 0 Å². The number of nitrogens with zero attached hydrogens (tertiary/aromatic N) is 1. The van der Waals surface area contributed by atoms with Crippen molar-refractivity contribution in [2.75, 3.05) is 6.61 Å². The van der Waals surface area contributed by atoms with E-state index >= 15 is 0 Å². The highest BCUT2D eigenvalue weighted by Gasteiger charge is 2.15. The molecule has 0 fully saturated rings. The maximum Gasteiger partial charge on any atom is 0.338 e. The molecule has 0 saturated heterocycles. The summed E-state index contributed by atoms with van der Waals surface area (Å²) in [5.41, 5.74) is 0.297. The van der Waals surface area contributed by atoms with Gasteiger partial charge in [0.1, 0.15) is 0 Å². The normalized spacial score (nSPS) is 11.3. The number of rotatable bonds is 6. The molecule has 7 nitrogen and oxygen atoms in total. The van der Waals surface area contributed by atoms with Crippen LogP contribution in [0.1, 0.15) is 23.0 Å². The SMILES string of the molecule is CCOC(=O)c1ccc(S(=O)(=O)NCc2ccno2)cc1. The van der Waals surface area contributed by atoms with Gasteiger partial charge in [-0.15, -0.1) is 0 Å². The molecule has 1 aromatic carbocycles. The number of carbonyl (C=O) groups is 1. The topological polar surface area (TPSA) is 98.5 Å². The molecule has 0 spiro atoms. The zero-order valence-electron chi connectivity index (χ0n) is 11.3. The van der Waals surface area contributed by atoms with Crippen LogP contribution in [0.4, 0.5) is 0 Å². The molecular formula is C13H14N2O5S. The Hall–Kier alpha value is -2.19. The molecule has 0 amide bonds. The maximum absolute atomic E-state index is 12.0. The summed E-state index contributed by atoms with van der Waals surface area (Å²) in [6, 6.07) is 7.05. The third-order valence-electron chi connectivity index (χ3n) is 2.60. The Morgan fingerprint density at radius 1 is 1.29 bits per heavy atom. The lowest BCUT2D eigenvalue weighted by molar-refractivity contribution is 0.0526. The molecule has 8 heteroatoms. The van der Waals surface area contributed by atoms with Crippen molar-refractivity contribution >= 4 is 16.0 Å². The Morgan fingerprint density at radius 3 is 2.57 bits per heavy atom. The van der Waals surface area contributed by atoms with Crippen LogP contribution in [0, 0.1) is 0 Å². The summed E-state index contributed by atoms with van der Waals surface area (Å²) in [6.07, 6.45) is 1.43. The molecule has 0 atom stereocenters. The molecule has 0 bridgehead atoms. The second kappa shape index (κ2) is 6.51. The fourth-order valence-corrected chi connectivity index (χ4v) is 2.56. The monoisotopic (exact) mass is 310 g/mol. The minimum atomic E-state index is -3.68. The second-order valence-corrected chi connectivity index (χ2v) is 5.82. The van der Waals surface area contributed by atoms with Crippen LogP contribution in [0.2, 0.25) is 0 Å². The van der Waals surface area contributed by atoms with Gasteiger partial charge in [-0.2, -0.15) is 0 Å². The molecular weight excluding hydrogens is 296 g/mol. The summed E-state index contributed by atoms with van der Waals surface area (Å²) < 4.78 is 36.1. The highest BCUT2D eigenvalue weighted by molar-refractivity contribution is 7.89. The molecule has 21 heavy (non-hydrogen) atoms. The number of carbonyl (C=O) groups excluding carboxylic acids is 1. The van der Waals surface area contributed by atoms with E-state index in [-0.39, 0.29) is 18.0 Å². The van der Waals surface area contributed by atoms with Crippen molar-refractivity contribution in [3.8, 4) is 0 Å². The molecule has 0 aliphatic carbocycles. The first-order valence-corrected chi connectivity index (χ1v) is 7.67. The van der Waals surface area contributed by atoms with Gasteiger partial charge in [0.2, 0.25) is 10.0 Å². The number of ether oxygens (including phenoxy) is 1. The van der Waals surface area contributed by atoms with Gasteiger partial charge < -0.3 is 9.26 Å². The number of esters is 1. The van der Waals surface area contributed by atoms with Crippen molar-refractivity contribution in [3.63, 3.8) is 0 Å². The van der Waals surface area contributed by atoms with Crippen LogP contribution in [0.25, 0.3) is 0 Å². The molecule has 1 N–H and O–H groups in total. The number of hydrogen-bond donors (Lipinski definition) is 1. The van der Waals surface area contributed by atoms with Crippen LogP contribution in [0.3, 0.4) is 0 Å². The first-order chi connectivity index (χ1) is 10.0. The van der Waals surface area contributed by atoms with E-state index < -0.39 is 16.0 Å². The number of aromatic nitrogens is 1. The molecule has 0 aliphatic rings. The third kappa shape index (κ3) is 3.89. The molecule has 2 aromatic rings. The van der Waals surface area contributed by atoms with Crippen molar-refractivity contribution in [2.45, 2.75) is 18.4 Å². The van der Waals surface area contributed by atoms with Crippen LogP contribution in [0.15, 0.2) is 45.9 Å². The highest BCUT2D eigenvalue weighted by Crippen LogP contribution is 2.12. The van der Waals surface area contributed by atoms with Gasteiger partial charge in [0.05, 0.1) is 29.8 Å². The molecule has 0 unspecified atom stereocenters. The predicted octanol–water partition coefficient (Wildman–Crippen LogP) is 1.33. The molecule has 112 valence electrons. The first kappa shape index (κ1) is 15.2. The van der Waals surface area contributed by atoms with E-state index in [4.69, 9.17) is 9.26 Å². The fraction of sp³-hybridized carbons (Fsp3) is 0.231. The first-order valence-electron chi connectivity index (χ1n) is 6.19. The molecule has 2 rings (SSSR count). The Morgan fingerprint density at radius 2 is 2.00 bits per heavy atom. The Labute approximate surface area is 121 Å². The lowest BCUT2D eigenvalue weighted by Gasteiger charge is -2.06. The van der Waals surface area contributed by atoms with Crippen LogP contribution < -0.4 is 4.72 Å². The van der Waals surface area contributed by atoms with Crippen molar-refractivity contribution in [2.24, 2.45) is 0 Å². The van der Waals surface area contributed by atoms with Crippen LogP contribution in [-0.4, -0.2) is 26.2 Å². The minimum absolute atomic E-state index is 0.00195. The van der Waals surface area contributed by atoms with Crippen molar-refractivity contribution < 1.29 is 22.5 Å². The number of hydrogen-bond acceptors (Lipinski definition) is 6. The van der Waals surface area contributed by atoms with Gasteiger partial charge in [-0.1, -0.05) is 5.16 Å². The van der Waals surface area contributed by atoms with Gasteiger partial charge in [0.25, 0.3) is 0 Å². The lowest BCUT2D eigenvalue weighted by atomic mass is 10.2. The molecule has 0 aliphatic heterocycles. The van der Waals surface area contributed by atoms with E-state index in [1.165, 1.54) is 30.5 Å². The molecule has 0 saturated carbocycles. The van der Waals surface area contributed by atoms with Crippen molar-refractivity contribution in [1.82, 2.24) is 9.88 Å². The quantitative estimate of drug-likeness (QED) is 0.808. The van der Waals surface area contributed by atoms with Gasteiger partial charge in [-0.05, 0) is 31.2 Å². The van der Waals surface area contributed by atoms with Gasteiger partial charge >= 0.3 is 5.97 Å². The molecule has 1 aromatic heterocycles. The van der Waals surface area contributed by atoms with Crippen LogP contribution in [-0.2, 0) is 21.3 Å². The number of benzene rings is 1. The Balaban J connectivity index is 2.08. The summed E-state index contributed by atoms with van der Waals surface area (Å²) in [6.45, 7) is 1.96. The second-order valence-electron chi connectivity index (χ2n) is 4.05. The van der Waals surface area contributed by atoms with Crippen LogP contribution >= 0.6 is 0 Å². The van der Waals surface area contributed by atoms with E-state index in [9.17, 15) is 13.2 Å². The third-order valence-corrected chi connectivity index (χ3v) is 4.02. The van der Waals surface area contributed by atoms with Crippen molar-refractivity contribution in [3.05, 3.63) is 47.9 Å². The van der Waals surface area contributed by atoms with Gasteiger partial charge in [0.15, 0.2) is 5.76 Å². The van der Waals surface area contributed by atoms with Gasteiger partial charge in [-0.25, -0.2) is 17.9 Å². The van der Waals surface area contributed by atoms with Gasteiger partial charge in [-0.3, -0.25) is 0 Å². The summed E-state index contributed by atoms with van der Waals surface area (Å²) in [5.74, 6) is -0.0854. The zero-order valence-corrected chi connectivity index (χ0v) is 12.1. The van der Waals surface area contributed by atoms with Crippen molar-refractivity contribution in [1.29, 1.82) is 0 Å². The fourth-order valence-electron chi connectivity index (χ4n) is 1.57. The number of nitrogens with one attached hydrogen (secondary N) is 1. The molecule has 0 radical (unpaired) electrons. The minimum Gasteiger partial charge on any atom is -0.462 e. The van der Waals surface area contributed by atoms with E-state index in [2.05, 4.69) is 9.88 Å². The zero-order chi connectivity index (χ0) is 15.3. The predicted molar refractivity (Wildman–Crippen MR) is 72.9 cm³/mol. The summed E-state index contributed by atoms with van der Waals surface area (Å²) in [5, 5.41) is 3.48. The average Bonchev–Trinajstić information content (AvgIpc) is 2.99. The van der Waals surface area contributed by atoms with E-state index in [1.807, 2.05) is 0 Å². The van der Waals surface area contributed by atoms with Gasteiger partial charge in [0, 0.05) is 6.07 Å². The Bertz CT molecular complexity index is 693. The molecule has 1 heterocycles. The summed E-state index contributed by atoms with van der Waals surface area (Å²) in [7, 11) is -3.68. The summed E-state index contributed by atoms with van der Waals surface area (Å²) >= 11 is 0. The standard InChI is InChI=1S/C13H14N2O5S/c1-2-19-13(16)10-3-5-12(6-4-10)21(17,18)15-9-11-7-8-14-20-11/h3-8,15H,2,9H2,1H3. The van der Waals surface area contributed by atoms with E-state index in [0.717, 1.165) is 0 Å². The van der Waals surface area contributed by atoms with E-state index in [0.29, 0.717) is 11.3 Å². The average molecular weight is 310 g/mol. The Kier molecular flexibility index (Phi) is 4.71. The maximum atomic E-state index is 12.0. The number of sulfonamides is 1. The largest absolute Gasteiger partial charge is 0.462 e.